The van der Waals surface area contributed by atoms with Gasteiger partial charge in [0.15, 0.2) is 0 Å². The number of thioether (sulfide) groups is 1. The number of nitrogens with one attached hydrogen (secondary N) is 1. The maximum atomic E-state index is 13.6. The Balaban J connectivity index is 1.26. The number of fused-ring (bicyclic) bond motifs is 2. The molecule has 0 amide bonds. The summed E-state index contributed by atoms with van der Waals surface area (Å²) in [5.41, 5.74) is 3.46. The third-order valence-corrected chi connectivity index (χ3v) is 11.7. The molecule has 0 spiro atoms. The first-order chi connectivity index (χ1) is 22.9. The maximum absolute atomic E-state index is 13.6. The Hall–Kier alpha value is -1.99. The van der Waals surface area contributed by atoms with E-state index in [0.717, 1.165) is 74.1 Å². The minimum atomic E-state index is 0.0578. The van der Waals surface area contributed by atoms with E-state index in [1.54, 1.807) is 0 Å². The fourth-order valence-corrected chi connectivity index (χ4v) is 8.40. The number of carbonyl (C=O) groups is 1. The van der Waals surface area contributed by atoms with Crippen molar-refractivity contribution in [3.8, 4) is 0 Å². The Bertz CT molecular complexity index is 1120. The zero-order valence-corrected chi connectivity index (χ0v) is 31.3. The fraction of sp³-hybridized carbons (Fsp3) is 0.750. The Morgan fingerprint density at radius 2 is 1.45 bits per heavy atom. The summed E-state index contributed by atoms with van der Waals surface area (Å²) < 4.78 is 6.97. The summed E-state index contributed by atoms with van der Waals surface area (Å²) in [6.07, 6.45) is 23.9. The Morgan fingerprint density at radius 3 is 2.04 bits per heavy atom. The third-order valence-electron chi connectivity index (χ3n) is 10.5. The topological polar surface area (TPSA) is 53.9 Å². The number of hydrogen-bond acceptors (Lipinski definition) is 6. The number of nitrogens with zero attached hydrogens (tertiary/aromatic N) is 3. The average Bonchev–Trinajstić information content (AvgIpc) is 3.36. The minimum absolute atomic E-state index is 0.0578. The predicted octanol–water partition coefficient (Wildman–Crippen LogP) is 10.8. The van der Waals surface area contributed by atoms with Gasteiger partial charge in [-0.1, -0.05) is 136 Å². The van der Waals surface area contributed by atoms with Crippen LogP contribution in [-0.2, 0) is 9.53 Å². The lowest BCUT2D eigenvalue weighted by molar-refractivity contribution is -0.929. The second kappa shape index (κ2) is 20.5. The monoisotopic (exact) mass is 667 g/mol. The van der Waals surface area contributed by atoms with Crippen LogP contribution in [-0.4, -0.2) is 65.6 Å². The lowest BCUT2D eigenvalue weighted by atomic mass is 9.94. The lowest BCUT2D eigenvalue weighted by Crippen LogP contribution is -2.58. The van der Waals surface area contributed by atoms with Crippen molar-refractivity contribution in [1.82, 2.24) is 4.90 Å². The minimum Gasteiger partial charge on any atom is -0.415 e. The van der Waals surface area contributed by atoms with Crippen LogP contribution >= 0.6 is 11.8 Å². The third kappa shape index (κ3) is 12.4. The molecule has 1 unspecified atom stereocenters. The Labute approximate surface area is 292 Å². The van der Waals surface area contributed by atoms with Gasteiger partial charge < -0.3 is 15.0 Å². The molecule has 1 aromatic carbocycles. The maximum Gasteiger partial charge on any atom is 0.313 e. The highest BCUT2D eigenvalue weighted by atomic mass is 32.2. The molecule has 3 aliphatic heterocycles. The van der Waals surface area contributed by atoms with E-state index in [9.17, 15) is 4.79 Å². The molecular formula is C40H67N4O2S+. The van der Waals surface area contributed by atoms with Gasteiger partial charge in [-0.05, 0) is 31.4 Å². The van der Waals surface area contributed by atoms with Crippen LogP contribution in [0.3, 0.4) is 0 Å². The standard InChI is InChI=1S/C40H67N4O2S/c1-5-7-9-11-13-15-17-19-23-34(24-20-18-16-14-12-10-8-6-2)40(45)46-32-44(4)29-27-43(28-30-44)38-35-31-33(3)47-39(35)42-37-26-22-21-25-36(37)41-38/h21-22,25-26,33-34,41H,5-20,23-24,27-32H2,1-4H3/q+1. The first kappa shape index (κ1) is 37.8. The van der Waals surface area contributed by atoms with Crippen molar-refractivity contribution >= 4 is 34.1 Å². The number of rotatable bonds is 22. The molecule has 0 aromatic heterocycles. The fourth-order valence-electron chi connectivity index (χ4n) is 7.30. The number of piperazine rings is 1. The smallest absolute Gasteiger partial charge is 0.313 e. The second-order valence-corrected chi connectivity index (χ2v) is 16.3. The molecule has 4 rings (SSSR count). The molecule has 0 radical (unpaired) electrons. The summed E-state index contributed by atoms with van der Waals surface area (Å²) in [7, 11) is 2.27. The average molecular weight is 668 g/mol. The number of quaternary nitrogens is 1. The molecule has 264 valence electrons. The van der Waals surface area contributed by atoms with E-state index in [1.807, 2.05) is 11.8 Å². The van der Waals surface area contributed by atoms with Gasteiger partial charge in [-0.15, -0.1) is 11.8 Å². The molecule has 6 nitrogen and oxygen atoms in total. The van der Waals surface area contributed by atoms with Crippen LogP contribution in [0.1, 0.15) is 143 Å². The first-order valence-electron chi connectivity index (χ1n) is 19.5. The van der Waals surface area contributed by atoms with Gasteiger partial charge in [-0.3, -0.25) is 9.28 Å². The van der Waals surface area contributed by atoms with E-state index < -0.39 is 0 Å². The molecular weight excluding hydrogens is 601 g/mol. The van der Waals surface area contributed by atoms with E-state index in [4.69, 9.17) is 9.73 Å². The highest BCUT2D eigenvalue weighted by Crippen LogP contribution is 2.42. The van der Waals surface area contributed by atoms with Crippen LogP contribution in [0.4, 0.5) is 11.4 Å². The molecule has 7 heteroatoms. The zero-order valence-electron chi connectivity index (χ0n) is 30.5. The van der Waals surface area contributed by atoms with Crippen LogP contribution in [0.15, 0.2) is 40.7 Å². The van der Waals surface area contributed by atoms with Crippen molar-refractivity contribution in [3.63, 3.8) is 0 Å². The number of hydrogen-bond donors (Lipinski definition) is 1. The van der Waals surface area contributed by atoms with Crippen molar-refractivity contribution in [2.45, 2.75) is 148 Å². The molecule has 1 atom stereocenters. The number of unbranched alkanes of at least 4 members (excludes halogenated alkanes) is 14. The number of aliphatic imine (C=N–C) groups is 1. The largest absolute Gasteiger partial charge is 0.415 e. The summed E-state index contributed by atoms with van der Waals surface area (Å²) >= 11 is 1.90. The second-order valence-electron chi connectivity index (χ2n) is 14.9. The van der Waals surface area contributed by atoms with E-state index in [1.165, 1.54) is 106 Å². The molecule has 2 fully saturated rings. The molecule has 2 saturated heterocycles. The van der Waals surface area contributed by atoms with Gasteiger partial charge in [0.1, 0.15) is 10.9 Å². The van der Waals surface area contributed by atoms with Gasteiger partial charge in [0.25, 0.3) is 0 Å². The number of carbonyl (C=O) groups excluding carboxylic acids is 1. The number of para-hydroxylation sites is 2. The first-order valence-corrected chi connectivity index (χ1v) is 20.4. The quantitative estimate of drug-likeness (QED) is 0.0758. The Kier molecular flexibility index (Phi) is 16.5. The van der Waals surface area contributed by atoms with Gasteiger partial charge in [0.2, 0.25) is 6.73 Å². The van der Waals surface area contributed by atoms with Gasteiger partial charge >= 0.3 is 5.97 Å². The number of likely N-dealkylation sites (N-methyl/N-ethyl adjacent to an activating group) is 1. The molecule has 47 heavy (non-hydrogen) atoms. The number of esters is 1. The van der Waals surface area contributed by atoms with Crippen LogP contribution < -0.4 is 5.32 Å². The van der Waals surface area contributed by atoms with E-state index >= 15 is 0 Å². The highest BCUT2D eigenvalue weighted by molar-refractivity contribution is 8.15. The summed E-state index contributed by atoms with van der Waals surface area (Å²) in [6.45, 7) is 11.1. The van der Waals surface area contributed by atoms with Crippen LogP contribution in [0, 0.1) is 5.92 Å². The molecule has 3 aliphatic rings. The number of anilines is 1. The van der Waals surface area contributed by atoms with Gasteiger partial charge in [-0.25, -0.2) is 4.99 Å². The number of ether oxygens (including phenoxy) is 1. The van der Waals surface area contributed by atoms with Gasteiger partial charge in [0, 0.05) is 10.8 Å². The normalized spacial score (nSPS) is 18.9. The van der Waals surface area contributed by atoms with Gasteiger partial charge in [-0.2, -0.15) is 0 Å². The van der Waals surface area contributed by atoms with E-state index in [0.29, 0.717) is 12.0 Å². The predicted molar refractivity (Wildman–Crippen MR) is 202 cm³/mol. The highest BCUT2D eigenvalue weighted by Gasteiger charge is 2.36. The summed E-state index contributed by atoms with van der Waals surface area (Å²) in [6, 6.07) is 8.39. The summed E-state index contributed by atoms with van der Waals surface area (Å²) in [4.78, 5) is 21.1. The SMILES string of the molecule is CCCCCCCCCCC(CCCCCCCCCC)C(=O)OC[N+]1(C)CCN(C2=C3CC(C)SC3=Nc3ccccc3N2)CC1. The van der Waals surface area contributed by atoms with Crippen molar-refractivity contribution in [3.05, 3.63) is 35.7 Å². The molecule has 1 aromatic rings. The Morgan fingerprint density at radius 1 is 0.894 bits per heavy atom. The van der Waals surface area contributed by atoms with Crippen LogP contribution in [0.25, 0.3) is 0 Å². The molecule has 3 heterocycles. The van der Waals surface area contributed by atoms with E-state index in [2.05, 4.69) is 62.3 Å². The molecule has 0 bridgehead atoms. The van der Waals surface area contributed by atoms with Crippen LogP contribution in [0.2, 0.25) is 0 Å². The van der Waals surface area contributed by atoms with Crippen molar-refractivity contribution in [1.29, 1.82) is 0 Å². The number of benzene rings is 1. The summed E-state index contributed by atoms with van der Waals surface area (Å²) in [5.74, 6) is 1.34. The van der Waals surface area contributed by atoms with Crippen molar-refractivity contribution in [2.75, 3.05) is 45.3 Å². The zero-order chi connectivity index (χ0) is 33.3. The molecule has 1 N–H and O–H groups in total. The lowest BCUT2D eigenvalue weighted by Gasteiger charge is -2.43. The molecule has 0 aliphatic carbocycles. The molecule has 0 saturated carbocycles. The summed E-state index contributed by atoms with van der Waals surface area (Å²) in [5, 5.41) is 5.49. The van der Waals surface area contributed by atoms with Crippen molar-refractivity contribution in [2.24, 2.45) is 10.9 Å². The van der Waals surface area contributed by atoms with E-state index in [-0.39, 0.29) is 11.9 Å². The van der Waals surface area contributed by atoms with Gasteiger partial charge in [0.05, 0.1) is 50.5 Å². The van der Waals surface area contributed by atoms with Crippen molar-refractivity contribution < 1.29 is 14.0 Å². The van der Waals surface area contributed by atoms with Crippen LogP contribution in [0.5, 0.6) is 0 Å².